The molecule has 2 N–H and O–H groups in total. The van der Waals surface area contributed by atoms with Crippen molar-refractivity contribution in [3.8, 4) is 0 Å². The standard InChI is InChI=1S/C14H16I3NO3/c1-14(2,3)10(6-11(19)20)18-13(21)8-4-7(15)5-9(16)12(8)17/h4-5,10H,6H2,1-3H3,(H,18,21)(H,19,20). The summed E-state index contributed by atoms with van der Waals surface area (Å²) < 4.78 is 2.87. The molecule has 0 spiro atoms. The molecular formula is C14H16I3NO3. The second kappa shape index (κ2) is 7.75. The van der Waals surface area contributed by atoms with Crippen LogP contribution in [0.15, 0.2) is 12.1 Å². The summed E-state index contributed by atoms with van der Waals surface area (Å²) in [7, 11) is 0. The fourth-order valence-electron chi connectivity index (χ4n) is 1.71. The summed E-state index contributed by atoms with van der Waals surface area (Å²) in [5, 5.41) is 11.9. The summed E-state index contributed by atoms with van der Waals surface area (Å²) >= 11 is 6.50. The number of hydrogen-bond acceptors (Lipinski definition) is 2. The number of hydrogen-bond donors (Lipinski definition) is 2. The van der Waals surface area contributed by atoms with Gasteiger partial charge in [-0.1, -0.05) is 20.8 Å². The maximum absolute atomic E-state index is 12.5. The van der Waals surface area contributed by atoms with Crippen molar-refractivity contribution in [2.75, 3.05) is 0 Å². The van der Waals surface area contributed by atoms with Gasteiger partial charge in [0.15, 0.2) is 0 Å². The zero-order chi connectivity index (χ0) is 16.4. The molecule has 0 bridgehead atoms. The van der Waals surface area contributed by atoms with Crippen LogP contribution in [0.1, 0.15) is 37.6 Å². The molecule has 0 fully saturated rings. The van der Waals surface area contributed by atoms with Crippen LogP contribution in [0.25, 0.3) is 0 Å². The fraction of sp³-hybridized carbons (Fsp3) is 0.429. The van der Waals surface area contributed by atoms with E-state index in [1.165, 1.54) is 0 Å². The van der Waals surface area contributed by atoms with Crippen LogP contribution in [0, 0.1) is 16.1 Å². The summed E-state index contributed by atoms with van der Waals surface area (Å²) in [6.07, 6.45) is -0.0904. The van der Waals surface area contributed by atoms with Gasteiger partial charge in [-0.15, -0.1) is 0 Å². The Morgan fingerprint density at radius 3 is 2.29 bits per heavy atom. The van der Waals surface area contributed by atoms with Gasteiger partial charge in [0, 0.05) is 16.8 Å². The molecule has 0 aliphatic carbocycles. The van der Waals surface area contributed by atoms with E-state index < -0.39 is 12.0 Å². The van der Waals surface area contributed by atoms with Crippen molar-refractivity contribution < 1.29 is 14.7 Å². The van der Waals surface area contributed by atoms with E-state index in [1.54, 1.807) is 0 Å². The van der Waals surface area contributed by atoms with E-state index in [1.807, 2.05) is 32.9 Å². The minimum atomic E-state index is -0.915. The molecule has 1 aromatic carbocycles. The number of carboxylic acid groups (broad SMARTS) is 1. The van der Waals surface area contributed by atoms with E-state index in [9.17, 15) is 9.59 Å². The van der Waals surface area contributed by atoms with Crippen LogP contribution < -0.4 is 5.32 Å². The van der Waals surface area contributed by atoms with Gasteiger partial charge in [-0.25, -0.2) is 0 Å². The van der Waals surface area contributed by atoms with Crippen molar-refractivity contribution in [3.63, 3.8) is 0 Å². The van der Waals surface area contributed by atoms with Crippen LogP contribution in [0.2, 0.25) is 0 Å². The molecule has 0 aliphatic heterocycles. The predicted octanol–water partition coefficient (Wildman–Crippen LogP) is 4.12. The number of carboxylic acids is 1. The average molecular weight is 627 g/mol. The Balaban J connectivity index is 3.05. The number of benzene rings is 1. The predicted molar refractivity (Wildman–Crippen MR) is 108 cm³/mol. The topological polar surface area (TPSA) is 66.4 Å². The summed E-state index contributed by atoms with van der Waals surface area (Å²) in [5.74, 6) is -1.14. The maximum atomic E-state index is 12.5. The Kier molecular flexibility index (Phi) is 7.16. The van der Waals surface area contributed by atoms with Gasteiger partial charge in [-0.3, -0.25) is 9.59 Å². The normalized spacial score (nSPS) is 12.9. The summed E-state index contributed by atoms with van der Waals surface area (Å²) in [6.45, 7) is 5.76. The largest absolute Gasteiger partial charge is 0.481 e. The molecule has 0 aliphatic rings. The number of rotatable bonds is 4. The minimum Gasteiger partial charge on any atom is -0.481 e. The van der Waals surface area contributed by atoms with Gasteiger partial charge in [-0.05, 0) is 85.3 Å². The number of carbonyl (C=O) groups is 2. The van der Waals surface area contributed by atoms with E-state index in [0.717, 1.165) is 10.7 Å². The summed E-state index contributed by atoms with van der Waals surface area (Å²) in [6, 6.07) is 3.40. The first kappa shape index (κ1) is 19.4. The first-order valence-corrected chi connectivity index (χ1v) is 9.43. The number of nitrogens with one attached hydrogen (secondary N) is 1. The quantitative estimate of drug-likeness (QED) is 0.391. The fourth-order valence-corrected chi connectivity index (χ4v) is 4.11. The Morgan fingerprint density at radius 2 is 1.81 bits per heavy atom. The SMILES string of the molecule is CC(C)(C)C(CC(=O)O)NC(=O)c1cc(I)cc(I)c1I. The van der Waals surface area contributed by atoms with Crippen LogP contribution in [0.3, 0.4) is 0 Å². The maximum Gasteiger partial charge on any atom is 0.305 e. The van der Waals surface area contributed by atoms with E-state index in [4.69, 9.17) is 5.11 Å². The molecule has 21 heavy (non-hydrogen) atoms. The third kappa shape index (κ3) is 5.81. The Morgan fingerprint density at radius 1 is 1.24 bits per heavy atom. The minimum absolute atomic E-state index is 0.0904. The van der Waals surface area contributed by atoms with Gasteiger partial charge in [0.1, 0.15) is 0 Å². The lowest BCUT2D eigenvalue weighted by molar-refractivity contribution is -0.138. The van der Waals surface area contributed by atoms with Crippen molar-refractivity contribution in [2.24, 2.45) is 5.41 Å². The molecule has 1 atom stereocenters. The van der Waals surface area contributed by atoms with Gasteiger partial charge < -0.3 is 10.4 Å². The number of carbonyl (C=O) groups excluding carboxylic acids is 1. The van der Waals surface area contributed by atoms with E-state index in [-0.39, 0.29) is 17.7 Å². The second-order valence-electron chi connectivity index (χ2n) is 5.74. The highest BCUT2D eigenvalue weighted by molar-refractivity contribution is 14.1. The third-order valence-electron chi connectivity index (χ3n) is 2.97. The van der Waals surface area contributed by atoms with Gasteiger partial charge in [-0.2, -0.15) is 0 Å². The Labute approximate surface area is 165 Å². The summed E-state index contributed by atoms with van der Waals surface area (Å²) in [4.78, 5) is 23.5. The van der Waals surface area contributed by atoms with E-state index in [2.05, 4.69) is 73.1 Å². The molecular weight excluding hydrogens is 611 g/mol. The van der Waals surface area contributed by atoms with Crippen molar-refractivity contribution >= 4 is 79.6 Å². The monoisotopic (exact) mass is 627 g/mol. The van der Waals surface area contributed by atoms with Crippen molar-refractivity contribution in [1.82, 2.24) is 5.32 Å². The van der Waals surface area contributed by atoms with E-state index in [0.29, 0.717) is 5.56 Å². The summed E-state index contributed by atoms with van der Waals surface area (Å²) in [5.41, 5.74) is 0.265. The zero-order valence-corrected chi connectivity index (χ0v) is 18.3. The van der Waals surface area contributed by atoms with E-state index >= 15 is 0 Å². The highest BCUT2D eigenvalue weighted by Gasteiger charge is 2.29. The first-order valence-electron chi connectivity index (χ1n) is 6.19. The van der Waals surface area contributed by atoms with Gasteiger partial charge in [0.2, 0.25) is 0 Å². The van der Waals surface area contributed by atoms with Crippen LogP contribution in [0.4, 0.5) is 0 Å². The molecule has 0 aromatic heterocycles. The van der Waals surface area contributed by atoms with Crippen LogP contribution in [0.5, 0.6) is 0 Å². The van der Waals surface area contributed by atoms with Crippen molar-refractivity contribution in [2.45, 2.75) is 33.2 Å². The molecule has 1 rings (SSSR count). The number of aliphatic carboxylic acids is 1. The molecule has 7 heteroatoms. The number of halogens is 3. The van der Waals surface area contributed by atoms with Gasteiger partial charge >= 0.3 is 5.97 Å². The first-order chi connectivity index (χ1) is 9.52. The van der Waals surface area contributed by atoms with Crippen LogP contribution in [-0.4, -0.2) is 23.0 Å². The lowest BCUT2D eigenvalue weighted by atomic mass is 9.84. The molecule has 0 heterocycles. The van der Waals surface area contributed by atoms with Crippen molar-refractivity contribution in [3.05, 3.63) is 28.4 Å². The highest BCUT2D eigenvalue weighted by Crippen LogP contribution is 2.25. The molecule has 0 saturated heterocycles. The van der Waals surface area contributed by atoms with Crippen LogP contribution in [-0.2, 0) is 4.79 Å². The Bertz CT molecular complexity index is 567. The lowest BCUT2D eigenvalue weighted by Gasteiger charge is -2.30. The lowest BCUT2D eigenvalue weighted by Crippen LogP contribution is -2.45. The van der Waals surface area contributed by atoms with Gasteiger partial charge in [0.25, 0.3) is 5.91 Å². The smallest absolute Gasteiger partial charge is 0.305 e. The number of amides is 1. The Hall–Kier alpha value is 0.350. The molecule has 4 nitrogen and oxygen atoms in total. The molecule has 1 aromatic rings. The molecule has 1 amide bonds. The molecule has 0 radical (unpaired) electrons. The second-order valence-corrected chi connectivity index (χ2v) is 9.23. The third-order valence-corrected chi connectivity index (χ3v) is 6.63. The van der Waals surface area contributed by atoms with Crippen molar-refractivity contribution in [1.29, 1.82) is 0 Å². The zero-order valence-electron chi connectivity index (χ0n) is 11.8. The van der Waals surface area contributed by atoms with Crippen LogP contribution >= 0.6 is 67.8 Å². The molecule has 0 saturated carbocycles. The molecule has 1 unspecified atom stereocenters. The highest BCUT2D eigenvalue weighted by atomic mass is 127. The molecule has 116 valence electrons. The average Bonchev–Trinajstić information content (AvgIpc) is 2.31. The van der Waals surface area contributed by atoms with Gasteiger partial charge in [0.05, 0.1) is 12.0 Å².